The van der Waals surface area contributed by atoms with Crippen LogP contribution in [0.4, 0.5) is 4.79 Å². The van der Waals surface area contributed by atoms with Crippen molar-refractivity contribution in [1.82, 2.24) is 15.5 Å². The summed E-state index contributed by atoms with van der Waals surface area (Å²) in [5, 5.41) is 7.88. The summed E-state index contributed by atoms with van der Waals surface area (Å²) in [5.41, 5.74) is 2.92. The molecule has 162 valence electrons. The molecule has 4 amide bonds. The zero-order chi connectivity index (χ0) is 21.6. The average molecular weight is 438 g/mol. The number of amides is 4. The first-order valence-corrected chi connectivity index (χ1v) is 11.9. The summed E-state index contributed by atoms with van der Waals surface area (Å²) < 4.78 is 0. The molecular weight excluding hydrogens is 410 g/mol. The minimum absolute atomic E-state index is 0.173. The van der Waals surface area contributed by atoms with Gasteiger partial charge in [0.25, 0.3) is 5.91 Å². The third-order valence-electron chi connectivity index (χ3n) is 6.84. The van der Waals surface area contributed by atoms with Gasteiger partial charge in [0.15, 0.2) is 0 Å². The highest BCUT2D eigenvalue weighted by atomic mass is 32.1. The average Bonchev–Trinajstić information content (AvgIpc) is 3.45. The number of nitrogens with one attached hydrogen (secondary N) is 2. The molecule has 6 nitrogen and oxygen atoms in total. The largest absolute Gasteiger partial charge is 0.343 e. The van der Waals surface area contributed by atoms with E-state index in [1.807, 2.05) is 17.5 Å². The second-order valence-corrected chi connectivity index (χ2v) is 10.0. The molecule has 0 bridgehead atoms. The fourth-order valence-electron chi connectivity index (χ4n) is 4.85. The van der Waals surface area contributed by atoms with Crippen LogP contribution in [0.1, 0.15) is 60.2 Å². The van der Waals surface area contributed by atoms with E-state index in [1.165, 1.54) is 24.0 Å². The van der Waals surface area contributed by atoms with Crippen LogP contribution in [-0.4, -0.2) is 34.8 Å². The molecule has 3 aliphatic rings. The number of carbonyl (C=O) groups excluding carboxylic acids is 3. The lowest BCUT2D eigenvalue weighted by molar-refractivity contribution is -0.135. The summed E-state index contributed by atoms with van der Waals surface area (Å²) in [6.45, 7) is 1.50. The van der Waals surface area contributed by atoms with E-state index in [0.717, 1.165) is 41.0 Å². The number of carbonyl (C=O) groups is 3. The van der Waals surface area contributed by atoms with Crippen molar-refractivity contribution in [3.05, 3.63) is 57.3 Å². The van der Waals surface area contributed by atoms with Gasteiger partial charge in [-0.25, -0.2) is 4.79 Å². The summed E-state index contributed by atoms with van der Waals surface area (Å²) >= 11 is 1.59. The maximum absolute atomic E-state index is 13.0. The predicted molar refractivity (Wildman–Crippen MR) is 119 cm³/mol. The number of rotatable bonds is 6. The Morgan fingerprint density at radius 3 is 2.71 bits per heavy atom. The van der Waals surface area contributed by atoms with Gasteiger partial charge in [0.1, 0.15) is 12.1 Å². The number of hydrogen-bond donors (Lipinski definition) is 2. The molecule has 0 unspecified atom stereocenters. The van der Waals surface area contributed by atoms with E-state index in [1.54, 1.807) is 18.3 Å². The van der Waals surface area contributed by atoms with Gasteiger partial charge in [0.2, 0.25) is 5.91 Å². The molecule has 2 N–H and O–H groups in total. The lowest BCUT2D eigenvalue weighted by Gasteiger charge is -2.23. The number of nitrogens with zero attached hydrogens (tertiary/aromatic N) is 1. The number of urea groups is 1. The normalized spacial score (nSPS) is 24.0. The fraction of sp³-hybridized carbons (Fsp3) is 0.458. The van der Waals surface area contributed by atoms with E-state index >= 15 is 0 Å². The van der Waals surface area contributed by atoms with E-state index in [2.05, 4.69) is 28.8 Å². The topological polar surface area (TPSA) is 78.5 Å². The number of hydrogen-bond acceptors (Lipinski definition) is 4. The van der Waals surface area contributed by atoms with Crippen molar-refractivity contribution in [2.75, 3.05) is 6.54 Å². The highest BCUT2D eigenvalue weighted by Gasteiger charge is 2.56. The zero-order valence-electron chi connectivity index (χ0n) is 17.6. The van der Waals surface area contributed by atoms with Crippen LogP contribution in [0.2, 0.25) is 0 Å². The van der Waals surface area contributed by atoms with Crippen molar-refractivity contribution in [3.63, 3.8) is 0 Å². The quantitative estimate of drug-likeness (QED) is 0.679. The van der Waals surface area contributed by atoms with E-state index < -0.39 is 11.6 Å². The van der Waals surface area contributed by atoms with E-state index in [9.17, 15) is 14.4 Å². The number of fused-ring (bicyclic) bond motifs is 1. The van der Waals surface area contributed by atoms with Gasteiger partial charge in [-0.3, -0.25) is 14.5 Å². The molecule has 0 radical (unpaired) electrons. The van der Waals surface area contributed by atoms with E-state index in [0.29, 0.717) is 0 Å². The van der Waals surface area contributed by atoms with Crippen molar-refractivity contribution in [2.24, 2.45) is 5.92 Å². The highest BCUT2D eigenvalue weighted by Crippen LogP contribution is 2.42. The number of thiophene rings is 1. The minimum atomic E-state index is -0.872. The van der Waals surface area contributed by atoms with Crippen LogP contribution in [-0.2, 0) is 22.4 Å². The smallest absolute Gasteiger partial charge is 0.325 e. The first kappa shape index (κ1) is 20.2. The van der Waals surface area contributed by atoms with Gasteiger partial charge in [0.05, 0.1) is 6.04 Å². The monoisotopic (exact) mass is 437 g/mol. The Labute approximate surface area is 186 Å². The van der Waals surface area contributed by atoms with Gasteiger partial charge < -0.3 is 10.6 Å². The Kier molecular flexibility index (Phi) is 5.08. The predicted octanol–water partition coefficient (Wildman–Crippen LogP) is 3.55. The van der Waals surface area contributed by atoms with Gasteiger partial charge in [-0.2, -0.15) is 0 Å². The van der Waals surface area contributed by atoms with Crippen LogP contribution in [0.15, 0.2) is 35.7 Å². The molecule has 0 spiro atoms. The van der Waals surface area contributed by atoms with Gasteiger partial charge >= 0.3 is 6.03 Å². The van der Waals surface area contributed by atoms with Gasteiger partial charge in [0, 0.05) is 4.88 Å². The molecule has 2 atom stereocenters. The second kappa shape index (κ2) is 7.79. The van der Waals surface area contributed by atoms with Crippen LogP contribution < -0.4 is 10.6 Å². The minimum Gasteiger partial charge on any atom is -0.343 e. The lowest BCUT2D eigenvalue weighted by atomic mass is 9.89. The Hall–Kier alpha value is -2.67. The van der Waals surface area contributed by atoms with Crippen molar-refractivity contribution in [3.8, 4) is 0 Å². The molecule has 1 aromatic carbocycles. The van der Waals surface area contributed by atoms with Crippen molar-refractivity contribution in [1.29, 1.82) is 0 Å². The van der Waals surface area contributed by atoms with Crippen LogP contribution in [0.3, 0.4) is 0 Å². The molecule has 1 saturated carbocycles. The Morgan fingerprint density at radius 2 is 2.00 bits per heavy atom. The third-order valence-corrected chi connectivity index (χ3v) is 7.77. The van der Waals surface area contributed by atoms with Crippen molar-refractivity contribution in [2.45, 2.75) is 57.0 Å². The van der Waals surface area contributed by atoms with Crippen LogP contribution in [0.5, 0.6) is 0 Å². The summed E-state index contributed by atoms with van der Waals surface area (Å²) in [6, 6.07) is 9.67. The maximum Gasteiger partial charge on any atom is 0.325 e. The van der Waals surface area contributed by atoms with Crippen molar-refractivity contribution < 1.29 is 14.4 Å². The van der Waals surface area contributed by atoms with Crippen LogP contribution in [0, 0.1) is 5.92 Å². The fourth-order valence-corrected chi connectivity index (χ4v) is 5.66. The Bertz CT molecular complexity index is 1030. The van der Waals surface area contributed by atoms with Crippen LogP contribution >= 0.6 is 11.3 Å². The molecule has 1 saturated heterocycles. The molecule has 31 heavy (non-hydrogen) atoms. The third kappa shape index (κ3) is 3.76. The summed E-state index contributed by atoms with van der Waals surface area (Å²) in [4.78, 5) is 40.4. The maximum atomic E-state index is 13.0. The summed E-state index contributed by atoms with van der Waals surface area (Å²) in [7, 11) is 0. The number of imide groups is 1. The lowest BCUT2D eigenvalue weighted by Crippen LogP contribution is -2.47. The highest BCUT2D eigenvalue weighted by molar-refractivity contribution is 7.10. The summed E-state index contributed by atoms with van der Waals surface area (Å²) in [6.07, 6.45) is 6.46. The first-order valence-electron chi connectivity index (χ1n) is 11.0. The van der Waals surface area contributed by atoms with Crippen molar-refractivity contribution >= 4 is 29.2 Å². The molecule has 1 aromatic heterocycles. The molecular formula is C24H27N3O3S. The zero-order valence-corrected chi connectivity index (χ0v) is 18.5. The molecule has 5 rings (SSSR count). The molecule has 2 aliphatic carbocycles. The van der Waals surface area contributed by atoms with Gasteiger partial charge in [-0.1, -0.05) is 24.3 Å². The van der Waals surface area contributed by atoms with E-state index in [4.69, 9.17) is 0 Å². The number of benzene rings is 1. The summed E-state index contributed by atoms with van der Waals surface area (Å²) in [5.74, 6) is -0.456. The standard InChI is InChI=1S/C24H27N3O3S/c1-24(18-10-11-18)22(29)27(23(30)26-24)14-20(28)25-21(19-7-4-12-31-19)17-9-8-15-5-2-3-6-16(15)13-17/h4,7-9,12-13,18,21H,2-3,5-6,10-11,14H2,1H3,(H,25,28)(H,26,30)/t21-,24+/m1/s1. The van der Waals surface area contributed by atoms with E-state index in [-0.39, 0.29) is 30.3 Å². The molecule has 2 aromatic rings. The van der Waals surface area contributed by atoms with Gasteiger partial charge in [-0.15, -0.1) is 11.3 Å². The second-order valence-electron chi connectivity index (χ2n) is 9.05. The van der Waals surface area contributed by atoms with Crippen LogP contribution in [0.25, 0.3) is 0 Å². The first-order chi connectivity index (χ1) is 15.0. The Balaban J connectivity index is 1.35. The molecule has 1 aliphatic heterocycles. The molecule has 2 fully saturated rings. The molecule has 7 heteroatoms. The molecule has 2 heterocycles. The SMILES string of the molecule is C[C@@]1(C2CC2)NC(=O)N(CC(=O)N[C@H](c2ccc3c(c2)CCCC3)c2cccs2)C1=O. The number of aryl methyl sites for hydroxylation is 2. The van der Waals surface area contributed by atoms with Gasteiger partial charge in [-0.05, 0) is 79.5 Å². The Morgan fingerprint density at radius 1 is 1.23 bits per heavy atom.